The van der Waals surface area contributed by atoms with Crippen LogP contribution in [0.15, 0.2) is 27.4 Å². The van der Waals surface area contributed by atoms with Gasteiger partial charge in [-0.05, 0) is 12.1 Å². The van der Waals surface area contributed by atoms with E-state index in [-0.39, 0.29) is 30.1 Å². The zero-order valence-electron chi connectivity index (χ0n) is 10.6. The fourth-order valence-electron chi connectivity index (χ4n) is 1.67. The number of hydrogen-bond donors (Lipinski definition) is 2. The molecule has 2 aromatic rings. The minimum Gasteiger partial charge on any atom is -0.504 e. The van der Waals surface area contributed by atoms with Crippen molar-refractivity contribution in [3.63, 3.8) is 0 Å². The summed E-state index contributed by atoms with van der Waals surface area (Å²) in [6.45, 7) is -0.00674. The molecule has 0 radical (unpaired) electrons. The number of methoxy groups -OCH3 is 1. The van der Waals surface area contributed by atoms with Crippen LogP contribution in [0, 0.1) is 0 Å². The Morgan fingerprint density at radius 1 is 1.40 bits per heavy atom. The molecule has 0 saturated carbocycles. The van der Waals surface area contributed by atoms with Gasteiger partial charge in [0.2, 0.25) is 5.75 Å². The monoisotopic (exact) mass is 280 g/mol. The summed E-state index contributed by atoms with van der Waals surface area (Å²) in [5, 5.41) is 18.7. The third-order valence-corrected chi connectivity index (χ3v) is 2.60. The van der Waals surface area contributed by atoms with E-state index in [1.807, 2.05) is 0 Å². The van der Waals surface area contributed by atoms with Crippen LogP contribution < -0.4 is 15.1 Å². The number of carboxylic acid groups (broad SMARTS) is 1. The highest BCUT2D eigenvalue weighted by molar-refractivity contribution is 5.86. The fourth-order valence-corrected chi connectivity index (χ4v) is 1.67. The van der Waals surface area contributed by atoms with E-state index in [0.717, 1.165) is 0 Å². The first-order valence-corrected chi connectivity index (χ1v) is 5.71. The highest BCUT2D eigenvalue weighted by Crippen LogP contribution is 2.32. The number of ether oxygens (including phenoxy) is 2. The summed E-state index contributed by atoms with van der Waals surface area (Å²) < 4.78 is 15.0. The van der Waals surface area contributed by atoms with E-state index in [2.05, 4.69) is 0 Å². The predicted molar refractivity (Wildman–Crippen MR) is 68.4 cm³/mol. The molecule has 0 unspecified atom stereocenters. The van der Waals surface area contributed by atoms with Gasteiger partial charge < -0.3 is 24.1 Å². The minimum atomic E-state index is -0.972. The lowest BCUT2D eigenvalue weighted by Gasteiger charge is -2.07. The van der Waals surface area contributed by atoms with Crippen LogP contribution in [0.25, 0.3) is 11.0 Å². The molecule has 2 N–H and O–H groups in total. The van der Waals surface area contributed by atoms with E-state index in [1.165, 1.54) is 25.3 Å². The maximum Gasteiger partial charge on any atom is 0.383 e. The summed E-state index contributed by atoms with van der Waals surface area (Å²) >= 11 is 0. The lowest BCUT2D eigenvalue weighted by atomic mass is 10.2. The Hall–Kier alpha value is -2.70. The summed E-state index contributed by atoms with van der Waals surface area (Å²) in [5.74, 6) is -1.21. The van der Waals surface area contributed by atoms with Crippen molar-refractivity contribution in [2.75, 3.05) is 13.7 Å². The van der Waals surface area contributed by atoms with Crippen molar-refractivity contribution in [1.82, 2.24) is 0 Å². The van der Waals surface area contributed by atoms with E-state index in [1.54, 1.807) is 0 Å². The Labute approximate surface area is 113 Å². The SMILES string of the molecule is COc1c(O)c2ccc(OCCC(=O)O)cc2oc1=O. The van der Waals surface area contributed by atoms with Crippen molar-refractivity contribution in [2.45, 2.75) is 6.42 Å². The van der Waals surface area contributed by atoms with Gasteiger partial charge in [0.15, 0.2) is 5.75 Å². The standard InChI is InChI=1S/C13H12O7/c1-18-12-11(16)8-3-2-7(19-5-4-10(14)15)6-9(8)20-13(12)17/h2-3,6,16H,4-5H2,1H3,(H,14,15). The van der Waals surface area contributed by atoms with Gasteiger partial charge in [-0.15, -0.1) is 0 Å². The fraction of sp³-hybridized carbons (Fsp3) is 0.231. The Bertz CT molecular complexity index is 702. The highest BCUT2D eigenvalue weighted by atomic mass is 16.5. The van der Waals surface area contributed by atoms with E-state index in [0.29, 0.717) is 11.1 Å². The van der Waals surface area contributed by atoms with Crippen LogP contribution in [0.3, 0.4) is 0 Å². The maximum absolute atomic E-state index is 11.5. The van der Waals surface area contributed by atoms with E-state index in [4.69, 9.17) is 19.0 Å². The van der Waals surface area contributed by atoms with E-state index < -0.39 is 11.6 Å². The number of fused-ring (bicyclic) bond motifs is 1. The molecule has 20 heavy (non-hydrogen) atoms. The zero-order chi connectivity index (χ0) is 14.7. The van der Waals surface area contributed by atoms with Crippen LogP contribution in [0.4, 0.5) is 0 Å². The third kappa shape index (κ3) is 2.66. The van der Waals surface area contributed by atoms with Gasteiger partial charge in [0.05, 0.1) is 25.5 Å². The average Bonchev–Trinajstić information content (AvgIpc) is 2.38. The van der Waals surface area contributed by atoms with Gasteiger partial charge in [-0.25, -0.2) is 4.79 Å². The molecule has 0 aliphatic rings. The molecule has 0 aliphatic carbocycles. The molecule has 1 heterocycles. The first-order chi connectivity index (χ1) is 9.52. The molecule has 7 heteroatoms. The molecule has 1 aromatic heterocycles. The quantitative estimate of drug-likeness (QED) is 0.796. The van der Waals surface area contributed by atoms with Crippen molar-refractivity contribution < 1.29 is 28.9 Å². The topological polar surface area (TPSA) is 106 Å². The van der Waals surface area contributed by atoms with E-state index >= 15 is 0 Å². The van der Waals surface area contributed by atoms with Crippen LogP contribution in [0.1, 0.15) is 6.42 Å². The second-order valence-electron chi connectivity index (χ2n) is 3.92. The van der Waals surface area contributed by atoms with Crippen LogP contribution in [0.2, 0.25) is 0 Å². The molecule has 2 rings (SSSR count). The molecular weight excluding hydrogens is 268 g/mol. The van der Waals surface area contributed by atoms with Crippen molar-refractivity contribution >= 4 is 16.9 Å². The molecule has 0 atom stereocenters. The van der Waals surface area contributed by atoms with Crippen LogP contribution in [0.5, 0.6) is 17.2 Å². The van der Waals surface area contributed by atoms with Gasteiger partial charge in [0.25, 0.3) is 0 Å². The van der Waals surface area contributed by atoms with Gasteiger partial charge in [-0.1, -0.05) is 0 Å². The molecule has 106 valence electrons. The summed E-state index contributed by atoms with van der Waals surface area (Å²) in [7, 11) is 1.25. The molecular formula is C13H12O7. The Morgan fingerprint density at radius 2 is 2.15 bits per heavy atom. The average molecular weight is 280 g/mol. The molecule has 0 amide bonds. The van der Waals surface area contributed by atoms with Crippen LogP contribution in [-0.4, -0.2) is 29.9 Å². The zero-order valence-corrected chi connectivity index (χ0v) is 10.6. The van der Waals surface area contributed by atoms with Gasteiger partial charge in [-0.2, -0.15) is 0 Å². The molecule has 1 aromatic carbocycles. The first-order valence-electron chi connectivity index (χ1n) is 5.71. The number of aliphatic carboxylic acids is 1. The smallest absolute Gasteiger partial charge is 0.383 e. The van der Waals surface area contributed by atoms with Gasteiger partial charge >= 0.3 is 11.6 Å². The predicted octanol–water partition coefficient (Wildman–Crippen LogP) is 1.36. The van der Waals surface area contributed by atoms with Gasteiger partial charge in [0, 0.05) is 6.07 Å². The number of aromatic hydroxyl groups is 1. The third-order valence-electron chi connectivity index (χ3n) is 2.60. The lowest BCUT2D eigenvalue weighted by Crippen LogP contribution is -2.05. The summed E-state index contributed by atoms with van der Waals surface area (Å²) in [5.41, 5.74) is -0.679. The summed E-state index contributed by atoms with van der Waals surface area (Å²) in [6, 6.07) is 4.42. The molecule has 0 saturated heterocycles. The molecule has 0 aliphatic heterocycles. The second kappa shape index (κ2) is 5.52. The molecule has 7 nitrogen and oxygen atoms in total. The number of hydrogen-bond acceptors (Lipinski definition) is 6. The number of rotatable bonds is 5. The number of carboxylic acids is 1. The largest absolute Gasteiger partial charge is 0.504 e. The summed E-state index contributed by atoms with van der Waals surface area (Å²) in [6.07, 6.45) is -0.143. The molecule has 0 fully saturated rings. The first kappa shape index (κ1) is 13.7. The van der Waals surface area contributed by atoms with Crippen molar-refractivity contribution in [2.24, 2.45) is 0 Å². The summed E-state index contributed by atoms with van der Waals surface area (Å²) in [4.78, 5) is 21.9. The highest BCUT2D eigenvalue weighted by Gasteiger charge is 2.14. The van der Waals surface area contributed by atoms with Crippen LogP contribution >= 0.6 is 0 Å². The van der Waals surface area contributed by atoms with Crippen molar-refractivity contribution in [1.29, 1.82) is 0 Å². The maximum atomic E-state index is 11.5. The Morgan fingerprint density at radius 3 is 2.80 bits per heavy atom. The lowest BCUT2D eigenvalue weighted by molar-refractivity contribution is -0.137. The molecule has 0 spiro atoms. The number of carbonyl (C=O) groups is 1. The Kier molecular flexibility index (Phi) is 3.79. The van der Waals surface area contributed by atoms with Gasteiger partial charge in [0.1, 0.15) is 11.3 Å². The normalized spacial score (nSPS) is 10.4. The minimum absolute atomic E-state index is 0.00674. The number of benzene rings is 1. The molecule has 0 bridgehead atoms. The van der Waals surface area contributed by atoms with Crippen molar-refractivity contribution in [3.8, 4) is 17.2 Å². The Balaban J connectivity index is 2.35. The van der Waals surface area contributed by atoms with Crippen molar-refractivity contribution in [3.05, 3.63) is 28.6 Å². The van der Waals surface area contributed by atoms with E-state index in [9.17, 15) is 14.7 Å². The van der Waals surface area contributed by atoms with Crippen LogP contribution in [-0.2, 0) is 4.79 Å². The second-order valence-corrected chi connectivity index (χ2v) is 3.92. The van der Waals surface area contributed by atoms with Gasteiger partial charge in [-0.3, -0.25) is 4.79 Å².